The Bertz CT molecular complexity index is 1480. The summed E-state index contributed by atoms with van der Waals surface area (Å²) in [7, 11) is 0. The fourth-order valence-corrected chi connectivity index (χ4v) is 4.31. The zero-order valence-electron chi connectivity index (χ0n) is 21.9. The van der Waals surface area contributed by atoms with E-state index in [0.29, 0.717) is 17.7 Å². The van der Waals surface area contributed by atoms with E-state index in [1.165, 1.54) is 0 Å². The Morgan fingerprint density at radius 3 is 1.67 bits per heavy atom. The second-order valence-corrected chi connectivity index (χ2v) is 9.42. The van der Waals surface area contributed by atoms with Gasteiger partial charge in [-0.1, -0.05) is 98.8 Å². The molecule has 0 unspecified atom stereocenters. The van der Waals surface area contributed by atoms with Crippen LogP contribution in [-0.2, 0) is 22.7 Å². The third-order valence-electron chi connectivity index (χ3n) is 6.45. The first-order valence-corrected chi connectivity index (χ1v) is 12.6. The molecule has 0 aliphatic carbocycles. The first kappa shape index (κ1) is 29.1. The second kappa shape index (κ2) is 13.9. The van der Waals surface area contributed by atoms with Gasteiger partial charge in [0.05, 0.1) is 23.3 Å². The lowest BCUT2D eigenvalue weighted by Gasteiger charge is -2.21. The number of nitrogens with zero attached hydrogens (tertiary/aromatic N) is 2. The zero-order chi connectivity index (χ0) is 26.9. The first-order valence-electron chi connectivity index (χ1n) is 12.6. The molecule has 0 spiro atoms. The van der Waals surface area contributed by atoms with Gasteiger partial charge in [-0.05, 0) is 51.4 Å². The van der Waals surface area contributed by atoms with Crippen molar-refractivity contribution in [2.24, 2.45) is 5.92 Å². The van der Waals surface area contributed by atoms with Crippen LogP contribution in [0.2, 0.25) is 0 Å². The summed E-state index contributed by atoms with van der Waals surface area (Å²) < 4.78 is 5.65. The molecule has 0 heterocycles. The summed E-state index contributed by atoms with van der Waals surface area (Å²) in [6, 6.07) is 34.7. The fourth-order valence-electron chi connectivity index (χ4n) is 4.31. The van der Waals surface area contributed by atoms with Crippen molar-refractivity contribution in [2.75, 3.05) is 0 Å². The summed E-state index contributed by atoms with van der Waals surface area (Å²) in [5, 5.41) is 22.1. The highest BCUT2D eigenvalue weighted by molar-refractivity contribution is 5.85. The van der Waals surface area contributed by atoms with E-state index in [2.05, 4.69) is 17.5 Å². The van der Waals surface area contributed by atoms with E-state index in [4.69, 9.17) is 4.74 Å². The highest BCUT2D eigenvalue weighted by atomic mass is 35.5. The molecule has 0 aliphatic heterocycles. The predicted octanol–water partition coefficient (Wildman–Crippen LogP) is 7.04. The van der Waals surface area contributed by atoms with E-state index in [9.17, 15) is 15.3 Å². The molecule has 0 fully saturated rings. The average Bonchev–Trinajstić information content (AvgIpc) is 2.96. The molecule has 4 aromatic rings. The van der Waals surface area contributed by atoms with Gasteiger partial charge in [0.2, 0.25) is 0 Å². The van der Waals surface area contributed by atoms with Crippen molar-refractivity contribution in [1.29, 1.82) is 10.5 Å². The molecule has 1 atom stereocenters. The molecular formula is C33H30ClN3O2. The predicted molar refractivity (Wildman–Crippen MR) is 156 cm³/mol. The third kappa shape index (κ3) is 7.33. The van der Waals surface area contributed by atoms with Crippen LogP contribution in [0, 0.1) is 28.6 Å². The number of hydrogen-bond acceptors (Lipinski definition) is 5. The van der Waals surface area contributed by atoms with Crippen molar-refractivity contribution in [2.45, 2.75) is 33.0 Å². The highest BCUT2D eigenvalue weighted by Gasteiger charge is 2.23. The Morgan fingerprint density at radius 1 is 0.744 bits per heavy atom. The first-order chi connectivity index (χ1) is 18.5. The number of benzene rings is 4. The van der Waals surface area contributed by atoms with Crippen molar-refractivity contribution in [3.63, 3.8) is 0 Å². The molecule has 0 aromatic heterocycles. The van der Waals surface area contributed by atoms with E-state index < -0.39 is 6.04 Å². The molecule has 1 N–H and O–H groups in total. The number of esters is 1. The Labute approximate surface area is 236 Å². The Balaban J connectivity index is 0.00000420. The quantitative estimate of drug-likeness (QED) is 0.232. The summed E-state index contributed by atoms with van der Waals surface area (Å²) >= 11 is 0. The molecule has 0 bridgehead atoms. The fraction of sp³-hybridized carbons (Fsp3) is 0.182. The molecule has 0 saturated heterocycles. The van der Waals surface area contributed by atoms with Crippen LogP contribution in [-0.4, -0.2) is 12.0 Å². The van der Waals surface area contributed by atoms with E-state index in [-0.39, 0.29) is 30.9 Å². The van der Waals surface area contributed by atoms with Gasteiger partial charge in [-0.3, -0.25) is 4.79 Å². The Kier molecular flexibility index (Phi) is 10.4. The molecule has 4 aromatic carbocycles. The molecule has 0 aliphatic rings. The largest absolute Gasteiger partial charge is 0.460 e. The number of hydrogen-bond donors (Lipinski definition) is 1. The third-order valence-corrected chi connectivity index (χ3v) is 6.45. The smallest absolute Gasteiger partial charge is 0.323 e. The maximum absolute atomic E-state index is 12.9. The van der Waals surface area contributed by atoms with Gasteiger partial charge in [0, 0.05) is 6.54 Å². The van der Waals surface area contributed by atoms with Gasteiger partial charge >= 0.3 is 5.97 Å². The molecule has 4 rings (SSSR count). The van der Waals surface area contributed by atoms with Gasteiger partial charge in [-0.2, -0.15) is 10.5 Å². The van der Waals surface area contributed by atoms with Crippen molar-refractivity contribution in [3.8, 4) is 34.4 Å². The molecule has 6 heteroatoms. The lowest BCUT2D eigenvalue weighted by Crippen LogP contribution is -2.41. The van der Waals surface area contributed by atoms with Gasteiger partial charge in [0.25, 0.3) is 0 Å². The second-order valence-electron chi connectivity index (χ2n) is 9.42. The minimum atomic E-state index is -0.448. The molecule has 0 saturated carbocycles. The van der Waals surface area contributed by atoms with Gasteiger partial charge in [-0.15, -0.1) is 12.4 Å². The van der Waals surface area contributed by atoms with Crippen molar-refractivity contribution < 1.29 is 9.53 Å². The van der Waals surface area contributed by atoms with E-state index in [1.54, 1.807) is 6.07 Å². The lowest BCUT2D eigenvalue weighted by molar-refractivity contribution is -0.148. The normalized spacial score (nSPS) is 11.1. The van der Waals surface area contributed by atoms with E-state index >= 15 is 0 Å². The summed E-state index contributed by atoms with van der Waals surface area (Å²) in [6.07, 6.45) is 0. The van der Waals surface area contributed by atoms with E-state index in [0.717, 1.165) is 33.4 Å². The van der Waals surface area contributed by atoms with Crippen molar-refractivity contribution in [1.82, 2.24) is 5.32 Å². The van der Waals surface area contributed by atoms with Gasteiger partial charge in [0.15, 0.2) is 0 Å². The van der Waals surface area contributed by atoms with Crippen LogP contribution in [0.25, 0.3) is 22.3 Å². The molecule has 196 valence electrons. The van der Waals surface area contributed by atoms with Crippen LogP contribution < -0.4 is 5.32 Å². The van der Waals surface area contributed by atoms with Crippen LogP contribution in [0.4, 0.5) is 0 Å². The SMILES string of the molecule is CC(C)[C@H](NCc1ccc(-c2ccccc2C#N)cc1)C(=O)OCc1ccc(-c2ccccc2C#N)cc1.Cl. The van der Waals surface area contributed by atoms with Crippen molar-refractivity contribution >= 4 is 18.4 Å². The molecule has 0 amide bonds. The monoisotopic (exact) mass is 535 g/mol. The summed E-state index contributed by atoms with van der Waals surface area (Å²) in [4.78, 5) is 12.9. The van der Waals surface area contributed by atoms with Crippen LogP contribution in [0.1, 0.15) is 36.1 Å². The number of rotatable bonds is 9. The maximum Gasteiger partial charge on any atom is 0.323 e. The lowest BCUT2D eigenvalue weighted by atomic mass is 9.99. The molecule has 39 heavy (non-hydrogen) atoms. The number of ether oxygens (including phenoxy) is 1. The van der Waals surface area contributed by atoms with Gasteiger partial charge in [0.1, 0.15) is 12.6 Å². The Morgan fingerprint density at radius 2 is 1.21 bits per heavy atom. The maximum atomic E-state index is 12.9. The van der Waals surface area contributed by atoms with Crippen LogP contribution in [0.15, 0.2) is 97.1 Å². The van der Waals surface area contributed by atoms with Crippen LogP contribution >= 0.6 is 12.4 Å². The highest BCUT2D eigenvalue weighted by Crippen LogP contribution is 2.25. The van der Waals surface area contributed by atoms with Gasteiger partial charge in [-0.25, -0.2) is 0 Å². The number of nitrogens with one attached hydrogen (secondary N) is 1. The molecular weight excluding hydrogens is 506 g/mol. The summed E-state index contributed by atoms with van der Waals surface area (Å²) in [6.45, 7) is 4.67. The minimum Gasteiger partial charge on any atom is -0.460 e. The van der Waals surface area contributed by atoms with Crippen LogP contribution in [0.3, 0.4) is 0 Å². The van der Waals surface area contributed by atoms with Crippen LogP contribution in [0.5, 0.6) is 0 Å². The number of carbonyl (C=O) groups excluding carboxylic acids is 1. The van der Waals surface area contributed by atoms with Crippen molar-refractivity contribution in [3.05, 3.63) is 119 Å². The topological polar surface area (TPSA) is 85.9 Å². The Hall–Kier alpha value is -4.42. The zero-order valence-corrected chi connectivity index (χ0v) is 22.7. The standard InChI is InChI=1S/C33H29N3O2.ClH/c1-23(2)32(36-21-24-11-15-26(16-12-24)30-9-5-3-7-28(30)19-34)33(37)38-22-25-13-17-27(18-14-25)31-10-6-4-8-29(31)20-35;/h3-18,23,32,36H,21-22H2,1-2H3;1H/t32-;/m0./s1. The minimum absolute atomic E-state index is 0. The number of halogens is 1. The van der Waals surface area contributed by atoms with Gasteiger partial charge < -0.3 is 10.1 Å². The van der Waals surface area contributed by atoms with E-state index in [1.807, 2.05) is 105 Å². The number of carbonyl (C=O) groups is 1. The number of nitriles is 2. The average molecular weight is 536 g/mol. The summed E-state index contributed by atoms with van der Waals surface area (Å²) in [5.74, 6) is -0.243. The summed E-state index contributed by atoms with van der Waals surface area (Å²) in [5.41, 5.74) is 6.89. The molecule has 0 radical (unpaired) electrons. The molecule has 5 nitrogen and oxygen atoms in total.